The fourth-order valence-electron chi connectivity index (χ4n) is 4.65. The van der Waals surface area contributed by atoms with Crippen LogP contribution >= 0.6 is 0 Å². The molecule has 2 N–H and O–H groups in total. The number of hydrogen-bond donors (Lipinski definition) is 2. The Morgan fingerprint density at radius 2 is 1.54 bits per heavy atom. The number of ether oxygens (including phenoxy) is 1. The highest BCUT2D eigenvalue weighted by atomic mass is 19.4. The Labute approximate surface area is 232 Å². The van der Waals surface area contributed by atoms with Gasteiger partial charge in [0.05, 0.1) is 12.2 Å². The van der Waals surface area contributed by atoms with Gasteiger partial charge in [0.2, 0.25) is 0 Å². The van der Waals surface area contributed by atoms with E-state index in [1.165, 1.54) is 18.3 Å². The van der Waals surface area contributed by atoms with Crippen LogP contribution in [0.5, 0.6) is 0 Å². The summed E-state index contributed by atoms with van der Waals surface area (Å²) in [7, 11) is 0. The maximum absolute atomic E-state index is 14.1. The Morgan fingerprint density at radius 1 is 0.878 bits per heavy atom. The lowest BCUT2D eigenvalue weighted by Gasteiger charge is -2.38. The van der Waals surface area contributed by atoms with Gasteiger partial charge in [0.25, 0.3) is 11.5 Å². The number of rotatable bonds is 10. The first-order chi connectivity index (χ1) is 19.5. The highest BCUT2D eigenvalue weighted by Gasteiger charge is 2.73. The molecule has 1 amide bonds. The van der Waals surface area contributed by atoms with Crippen LogP contribution in [0, 0.1) is 0 Å². The number of alkyl halides is 6. The molecule has 0 atom stereocenters. The van der Waals surface area contributed by atoms with Gasteiger partial charge in [-0.3, -0.25) is 9.78 Å². The monoisotopic (exact) mass is 581 g/mol. The molecule has 41 heavy (non-hydrogen) atoms. The van der Waals surface area contributed by atoms with Crippen LogP contribution < -0.4 is 10.6 Å². The fourth-order valence-corrected chi connectivity index (χ4v) is 4.65. The van der Waals surface area contributed by atoms with E-state index >= 15 is 0 Å². The summed E-state index contributed by atoms with van der Waals surface area (Å²) in [4.78, 5) is 22.8. The number of pyridine rings is 2. The quantitative estimate of drug-likeness (QED) is 0.279. The number of benzene rings is 1. The largest absolute Gasteiger partial charge is 0.430 e. The van der Waals surface area contributed by atoms with E-state index in [0.29, 0.717) is 31.8 Å². The van der Waals surface area contributed by atoms with Crippen LogP contribution in [0.25, 0.3) is 0 Å². The summed E-state index contributed by atoms with van der Waals surface area (Å²) in [6, 6.07) is 9.86. The van der Waals surface area contributed by atoms with Crippen molar-refractivity contribution in [2.45, 2.75) is 43.8 Å². The van der Waals surface area contributed by atoms with Gasteiger partial charge in [-0.15, -0.1) is 0 Å². The van der Waals surface area contributed by atoms with Gasteiger partial charge >= 0.3 is 12.4 Å². The van der Waals surface area contributed by atoms with Crippen LogP contribution in [-0.4, -0.2) is 59.4 Å². The van der Waals surface area contributed by atoms with Crippen LogP contribution in [0.3, 0.4) is 0 Å². The Balaban J connectivity index is 1.50. The molecule has 0 radical (unpaired) electrons. The number of aromatic nitrogens is 2. The number of hydrogen-bond acceptors (Lipinski definition) is 6. The van der Waals surface area contributed by atoms with E-state index in [1.54, 1.807) is 29.4 Å². The first kappa shape index (κ1) is 30.3. The first-order valence-corrected chi connectivity index (χ1v) is 13.0. The molecule has 0 unspecified atom stereocenters. The average Bonchev–Trinajstić information content (AvgIpc) is 2.95. The Hall–Kier alpha value is -3.71. The Kier molecular flexibility index (Phi) is 9.49. The summed E-state index contributed by atoms with van der Waals surface area (Å²) in [6.45, 7) is 0.725. The molecule has 1 aliphatic rings. The minimum Gasteiger partial charge on any atom is -0.365 e. The zero-order valence-electron chi connectivity index (χ0n) is 21.9. The Bertz CT molecular complexity index is 1270. The number of nitrogens with one attached hydrogen (secondary N) is 2. The Morgan fingerprint density at radius 3 is 2.17 bits per heavy atom. The molecule has 1 saturated heterocycles. The number of carbonyl (C=O) groups is 1. The molecule has 1 aromatic carbocycles. The van der Waals surface area contributed by atoms with E-state index in [2.05, 4.69) is 20.6 Å². The van der Waals surface area contributed by atoms with Crippen LogP contribution in [0.4, 0.5) is 37.8 Å². The predicted molar refractivity (Wildman–Crippen MR) is 140 cm³/mol. The topological polar surface area (TPSA) is 79.4 Å². The highest BCUT2D eigenvalue weighted by molar-refractivity contribution is 6.07. The lowest BCUT2D eigenvalue weighted by Crippen LogP contribution is -2.56. The molecule has 220 valence electrons. The molecular formula is C28H29F6N5O2. The highest BCUT2D eigenvalue weighted by Crippen LogP contribution is 2.53. The van der Waals surface area contributed by atoms with E-state index in [-0.39, 0.29) is 23.6 Å². The second-order valence-corrected chi connectivity index (χ2v) is 9.57. The van der Waals surface area contributed by atoms with Crippen molar-refractivity contribution in [3.8, 4) is 0 Å². The zero-order chi connectivity index (χ0) is 29.5. The van der Waals surface area contributed by atoms with E-state index < -0.39 is 36.0 Å². The van der Waals surface area contributed by atoms with Gasteiger partial charge in [-0.2, -0.15) is 26.3 Å². The normalized spacial score (nSPS) is 15.0. The van der Waals surface area contributed by atoms with E-state index in [1.807, 2.05) is 0 Å². The van der Waals surface area contributed by atoms with Crippen molar-refractivity contribution in [1.29, 1.82) is 0 Å². The average molecular weight is 582 g/mol. The number of amides is 1. The second kappa shape index (κ2) is 12.9. The molecule has 1 aliphatic heterocycles. The van der Waals surface area contributed by atoms with Crippen LogP contribution in [-0.2, 0) is 16.9 Å². The molecule has 0 aliphatic carbocycles. The molecule has 1 fully saturated rings. The number of nitrogens with zero attached hydrogens (tertiary/aromatic N) is 3. The molecule has 13 heteroatoms. The second-order valence-electron chi connectivity index (χ2n) is 9.57. The lowest BCUT2D eigenvalue weighted by molar-refractivity contribution is -0.389. The van der Waals surface area contributed by atoms with Crippen LogP contribution in [0.2, 0.25) is 0 Å². The summed E-state index contributed by atoms with van der Waals surface area (Å²) in [5.74, 6) is -0.410. The first-order valence-electron chi connectivity index (χ1n) is 13.0. The van der Waals surface area contributed by atoms with Gasteiger partial charge < -0.3 is 20.3 Å². The van der Waals surface area contributed by atoms with Crippen LogP contribution in [0.15, 0.2) is 67.1 Å². The van der Waals surface area contributed by atoms with Crippen molar-refractivity contribution in [2.24, 2.45) is 0 Å². The molecular weight excluding hydrogens is 552 g/mol. The zero-order valence-corrected chi connectivity index (χ0v) is 21.9. The van der Waals surface area contributed by atoms with Crippen molar-refractivity contribution in [3.63, 3.8) is 0 Å². The fraction of sp³-hybridized carbons (Fsp3) is 0.393. The molecule has 0 bridgehead atoms. The third kappa shape index (κ3) is 7.14. The van der Waals surface area contributed by atoms with Gasteiger partial charge in [0.15, 0.2) is 0 Å². The number of likely N-dealkylation sites (tertiary alicyclic amines) is 1. The minimum atomic E-state index is -5.79. The van der Waals surface area contributed by atoms with Gasteiger partial charge in [0, 0.05) is 42.9 Å². The van der Waals surface area contributed by atoms with Gasteiger partial charge in [-0.05, 0) is 67.9 Å². The molecule has 2 aromatic heterocycles. The van der Waals surface area contributed by atoms with Crippen molar-refractivity contribution >= 4 is 17.4 Å². The van der Waals surface area contributed by atoms with Crippen molar-refractivity contribution in [3.05, 3.63) is 83.8 Å². The summed E-state index contributed by atoms with van der Waals surface area (Å²) in [5, 5.41) is 5.53. The van der Waals surface area contributed by atoms with Gasteiger partial charge in [-0.1, -0.05) is 18.6 Å². The maximum atomic E-state index is 14.1. The third-order valence-corrected chi connectivity index (χ3v) is 6.78. The predicted octanol–water partition coefficient (Wildman–Crippen LogP) is 6.16. The molecule has 3 heterocycles. The van der Waals surface area contributed by atoms with E-state index in [4.69, 9.17) is 4.74 Å². The lowest BCUT2D eigenvalue weighted by atomic mass is 9.91. The smallest absolute Gasteiger partial charge is 0.365 e. The van der Waals surface area contributed by atoms with Gasteiger partial charge in [0.1, 0.15) is 5.82 Å². The van der Waals surface area contributed by atoms with Crippen molar-refractivity contribution < 1.29 is 35.9 Å². The minimum absolute atomic E-state index is 0.00532. The summed E-state index contributed by atoms with van der Waals surface area (Å²) < 4.78 is 89.6. The van der Waals surface area contributed by atoms with E-state index in [9.17, 15) is 31.1 Å². The summed E-state index contributed by atoms with van der Waals surface area (Å²) >= 11 is 0. The number of carbonyl (C=O) groups excluding carboxylic acids is 1. The third-order valence-electron chi connectivity index (χ3n) is 6.78. The molecule has 3 aromatic rings. The number of piperidine rings is 1. The molecule has 0 spiro atoms. The number of anilines is 2. The summed E-state index contributed by atoms with van der Waals surface area (Å²) in [5.41, 5.74) is -4.65. The van der Waals surface area contributed by atoms with Crippen LogP contribution in [0.1, 0.15) is 40.7 Å². The van der Waals surface area contributed by atoms with Crippen molar-refractivity contribution in [2.75, 3.05) is 36.9 Å². The molecule has 7 nitrogen and oxygen atoms in total. The standard InChI is InChI=1S/C28H29F6N5O2/c29-27(30,31)26(28(32,33)34,41-18-17-39-15-2-1-3-16-39)21-6-8-22(9-7-21)38-25(40)23-5-4-12-36-24(23)37-19-20-10-13-35-14-11-20/h4-14H,1-3,15-19H2,(H,36,37)(H,38,40). The number of halogens is 6. The maximum Gasteiger partial charge on any atom is 0.430 e. The van der Waals surface area contributed by atoms with Crippen molar-refractivity contribution in [1.82, 2.24) is 14.9 Å². The summed E-state index contributed by atoms with van der Waals surface area (Å²) in [6.07, 6.45) is -4.25. The molecule has 4 rings (SSSR count). The van der Waals surface area contributed by atoms with Gasteiger partial charge in [-0.25, -0.2) is 4.98 Å². The SMILES string of the molecule is O=C(Nc1ccc(C(OCCN2CCCCC2)(C(F)(F)F)C(F)(F)F)cc1)c1cccnc1NCc1ccncc1. The van der Waals surface area contributed by atoms with E-state index in [0.717, 1.165) is 37.0 Å². The molecule has 0 saturated carbocycles.